The summed E-state index contributed by atoms with van der Waals surface area (Å²) >= 11 is 0. The Hall–Kier alpha value is -1.56. The number of amides is 1. The maximum absolute atomic E-state index is 12.2. The molecule has 2 rings (SSSR count). The van der Waals surface area contributed by atoms with E-state index in [1.165, 1.54) is 6.39 Å². The fourth-order valence-corrected chi connectivity index (χ4v) is 2.05. The lowest BCUT2D eigenvalue weighted by molar-refractivity contribution is 0.0232. The van der Waals surface area contributed by atoms with Gasteiger partial charge in [-0.2, -0.15) is 0 Å². The highest BCUT2D eigenvalue weighted by Crippen LogP contribution is 2.28. The van der Waals surface area contributed by atoms with Crippen LogP contribution in [0.4, 0.5) is 4.79 Å². The summed E-state index contributed by atoms with van der Waals surface area (Å²) in [6, 6.07) is 0.370. The van der Waals surface area contributed by atoms with Crippen molar-refractivity contribution in [3.8, 4) is 0 Å². The van der Waals surface area contributed by atoms with Gasteiger partial charge in [0.1, 0.15) is 11.4 Å². The van der Waals surface area contributed by atoms with Crippen LogP contribution in [0.3, 0.4) is 0 Å². The van der Waals surface area contributed by atoms with Crippen molar-refractivity contribution in [1.82, 2.24) is 15.2 Å². The summed E-state index contributed by atoms with van der Waals surface area (Å²) in [7, 11) is 0. The van der Waals surface area contributed by atoms with Gasteiger partial charge in [0, 0.05) is 12.6 Å². The van der Waals surface area contributed by atoms with E-state index in [1.54, 1.807) is 6.20 Å². The Morgan fingerprint density at radius 3 is 2.86 bits per heavy atom. The molecule has 1 heterocycles. The van der Waals surface area contributed by atoms with E-state index in [0.29, 0.717) is 12.6 Å². The van der Waals surface area contributed by atoms with Crippen LogP contribution in [0.5, 0.6) is 0 Å². The van der Waals surface area contributed by atoms with Crippen molar-refractivity contribution in [2.45, 2.75) is 58.2 Å². The lowest BCUT2D eigenvalue weighted by atomic mass is 10.2. The number of ether oxygens (including phenoxy) is 1. The predicted molar refractivity (Wildman–Crippen MR) is 78.8 cm³/mol. The zero-order chi connectivity index (χ0) is 15.3. The highest BCUT2D eigenvalue weighted by Gasteiger charge is 2.34. The molecule has 6 heteroatoms. The van der Waals surface area contributed by atoms with Gasteiger partial charge in [-0.25, -0.2) is 9.78 Å². The van der Waals surface area contributed by atoms with Gasteiger partial charge in [0.15, 0.2) is 6.39 Å². The molecule has 1 aromatic heterocycles. The molecule has 1 amide bonds. The summed E-state index contributed by atoms with van der Waals surface area (Å²) in [5.41, 5.74) is -0.436. The second kappa shape index (κ2) is 6.93. The Kier molecular flexibility index (Phi) is 5.22. The van der Waals surface area contributed by atoms with Crippen molar-refractivity contribution in [1.29, 1.82) is 0 Å². The molecule has 0 spiro atoms. The molecule has 1 saturated carbocycles. The maximum Gasteiger partial charge on any atom is 0.410 e. The molecule has 1 fully saturated rings. The van der Waals surface area contributed by atoms with Gasteiger partial charge in [-0.15, -0.1) is 0 Å². The Morgan fingerprint density at radius 1 is 1.52 bits per heavy atom. The average Bonchev–Trinajstić information content (AvgIpc) is 3.07. The van der Waals surface area contributed by atoms with Gasteiger partial charge >= 0.3 is 6.09 Å². The molecule has 1 aliphatic rings. The summed E-state index contributed by atoms with van der Waals surface area (Å²) in [5, 5.41) is 3.28. The summed E-state index contributed by atoms with van der Waals surface area (Å²) < 4.78 is 10.6. The molecule has 1 aliphatic carbocycles. The van der Waals surface area contributed by atoms with Crippen LogP contribution >= 0.6 is 0 Å². The minimum Gasteiger partial charge on any atom is -0.447 e. The molecule has 0 saturated heterocycles. The number of carbonyl (C=O) groups excluding carboxylic acids is 1. The first-order chi connectivity index (χ1) is 9.96. The maximum atomic E-state index is 12.2. The molecular formula is C15H25N3O3. The molecule has 0 bridgehead atoms. The van der Waals surface area contributed by atoms with Gasteiger partial charge in [0.05, 0.1) is 12.7 Å². The normalized spacial score (nSPS) is 15.0. The van der Waals surface area contributed by atoms with Crippen LogP contribution in [0.15, 0.2) is 17.0 Å². The number of nitrogens with zero attached hydrogens (tertiary/aromatic N) is 2. The lowest BCUT2D eigenvalue weighted by Crippen LogP contribution is -2.39. The largest absolute Gasteiger partial charge is 0.447 e. The Morgan fingerprint density at radius 2 is 2.29 bits per heavy atom. The van der Waals surface area contributed by atoms with E-state index >= 15 is 0 Å². The molecule has 1 aromatic rings. The summed E-state index contributed by atoms with van der Waals surface area (Å²) in [6.45, 7) is 7.91. The highest BCUT2D eigenvalue weighted by molar-refractivity contribution is 5.69. The molecule has 0 aliphatic heterocycles. The first kappa shape index (κ1) is 15.8. The third-order valence-corrected chi connectivity index (χ3v) is 3.15. The molecule has 1 N–H and O–H groups in total. The number of hydrogen-bond donors (Lipinski definition) is 1. The molecule has 0 unspecified atom stereocenters. The SMILES string of the molecule is CC(C)(C)OC(=O)N(CCCNCc1cnco1)C1CC1. The molecule has 118 valence electrons. The standard InChI is InChI=1S/C15H25N3O3/c1-15(2,3)21-14(19)18(12-5-6-12)8-4-7-16-9-13-10-17-11-20-13/h10-12,16H,4-9H2,1-3H3. The van der Waals surface area contributed by atoms with Crippen LogP contribution in [0.1, 0.15) is 45.8 Å². The summed E-state index contributed by atoms with van der Waals surface area (Å²) in [4.78, 5) is 17.9. The van der Waals surface area contributed by atoms with Crippen molar-refractivity contribution < 1.29 is 13.9 Å². The van der Waals surface area contributed by atoms with Crippen LogP contribution in [0, 0.1) is 0 Å². The fourth-order valence-electron chi connectivity index (χ4n) is 2.05. The van der Waals surface area contributed by atoms with Crippen molar-refractivity contribution >= 4 is 6.09 Å². The van der Waals surface area contributed by atoms with Gasteiger partial charge in [0.2, 0.25) is 0 Å². The Labute approximate surface area is 125 Å². The molecule has 21 heavy (non-hydrogen) atoms. The molecule has 0 atom stereocenters. The minimum absolute atomic E-state index is 0.194. The third-order valence-electron chi connectivity index (χ3n) is 3.15. The summed E-state index contributed by atoms with van der Waals surface area (Å²) in [5.74, 6) is 0.821. The number of nitrogens with one attached hydrogen (secondary N) is 1. The Balaban J connectivity index is 1.67. The average molecular weight is 295 g/mol. The van der Waals surface area contributed by atoms with Crippen LogP contribution in [0.25, 0.3) is 0 Å². The molecule has 0 radical (unpaired) electrons. The van der Waals surface area contributed by atoms with E-state index in [1.807, 2.05) is 25.7 Å². The predicted octanol–water partition coefficient (Wildman–Crippen LogP) is 2.55. The van der Waals surface area contributed by atoms with Crippen LogP contribution in [-0.2, 0) is 11.3 Å². The van der Waals surface area contributed by atoms with Gasteiger partial charge in [-0.3, -0.25) is 0 Å². The number of oxazole rings is 1. The monoisotopic (exact) mass is 295 g/mol. The zero-order valence-corrected chi connectivity index (χ0v) is 13.1. The van der Waals surface area contributed by atoms with Crippen molar-refractivity contribution in [2.75, 3.05) is 13.1 Å². The van der Waals surface area contributed by atoms with Gasteiger partial charge < -0.3 is 19.4 Å². The minimum atomic E-state index is -0.436. The molecule has 6 nitrogen and oxygen atoms in total. The second-order valence-corrected chi connectivity index (χ2v) is 6.40. The summed E-state index contributed by atoms with van der Waals surface area (Å²) in [6.07, 6.45) is 6.00. The highest BCUT2D eigenvalue weighted by atomic mass is 16.6. The number of hydrogen-bond acceptors (Lipinski definition) is 5. The third kappa shape index (κ3) is 5.75. The quantitative estimate of drug-likeness (QED) is 0.783. The second-order valence-electron chi connectivity index (χ2n) is 6.40. The van der Waals surface area contributed by atoms with E-state index in [9.17, 15) is 4.79 Å². The smallest absolute Gasteiger partial charge is 0.410 e. The molecular weight excluding hydrogens is 270 g/mol. The van der Waals surface area contributed by atoms with Crippen molar-refractivity contribution in [2.24, 2.45) is 0 Å². The zero-order valence-electron chi connectivity index (χ0n) is 13.1. The van der Waals surface area contributed by atoms with Crippen molar-refractivity contribution in [3.05, 3.63) is 18.4 Å². The Bertz CT molecular complexity index is 436. The van der Waals surface area contributed by atoms with Crippen LogP contribution in [-0.4, -0.2) is 40.7 Å². The van der Waals surface area contributed by atoms with Gasteiger partial charge in [-0.05, 0) is 46.6 Å². The number of carbonyl (C=O) groups is 1. The van der Waals surface area contributed by atoms with E-state index in [4.69, 9.17) is 9.15 Å². The van der Waals surface area contributed by atoms with E-state index in [2.05, 4.69) is 10.3 Å². The number of rotatable bonds is 7. The number of aromatic nitrogens is 1. The van der Waals surface area contributed by atoms with E-state index in [0.717, 1.165) is 38.1 Å². The van der Waals surface area contributed by atoms with E-state index < -0.39 is 5.60 Å². The first-order valence-corrected chi connectivity index (χ1v) is 7.53. The fraction of sp³-hybridized carbons (Fsp3) is 0.733. The topological polar surface area (TPSA) is 67.6 Å². The van der Waals surface area contributed by atoms with E-state index in [-0.39, 0.29) is 6.09 Å². The van der Waals surface area contributed by atoms with Gasteiger partial charge in [-0.1, -0.05) is 0 Å². The van der Waals surface area contributed by atoms with Crippen molar-refractivity contribution in [3.63, 3.8) is 0 Å². The molecule has 0 aromatic carbocycles. The lowest BCUT2D eigenvalue weighted by Gasteiger charge is -2.27. The van der Waals surface area contributed by atoms with Crippen LogP contribution in [0.2, 0.25) is 0 Å². The van der Waals surface area contributed by atoms with Crippen LogP contribution < -0.4 is 5.32 Å². The van der Waals surface area contributed by atoms with Gasteiger partial charge in [0.25, 0.3) is 0 Å². The first-order valence-electron chi connectivity index (χ1n) is 7.53.